The Bertz CT molecular complexity index is 1460. The number of rotatable bonds is 10. The van der Waals surface area contributed by atoms with Crippen LogP contribution in [0.15, 0.2) is 77.7 Å². The van der Waals surface area contributed by atoms with Gasteiger partial charge in [-0.3, -0.25) is 13.9 Å². The maximum Gasteiger partial charge on any atom is 0.264 e. The van der Waals surface area contributed by atoms with Crippen molar-refractivity contribution >= 4 is 27.5 Å². The first kappa shape index (κ1) is 28.9. The van der Waals surface area contributed by atoms with E-state index in [0.29, 0.717) is 24.7 Å². The number of hydrogen-bond donors (Lipinski definition) is 1. The summed E-state index contributed by atoms with van der Waals surface area (Å²) in [4.78, 5) is 28.5. The zero-order valence-corrected chi connectivity index (χ0v) is 24.0. The fourth-order valence-corrected chi connectivity index (χ4v) is 5.82. The molecule has 1 unspecified atom stereocenters. The molecule has 1 N–H and O–H groups in total. The molecular formula is C30H35N3O6S. The maximum absolute atomic E-state index is 14.0. The summed E-state index contributed by atoms with van der Waals surface area (Å²) in [6, 6.07) is 19.3. The fraction of sp³-hybridized carbons (Fsp3) is 0.333. The van der Waals surface area contributed by atoms with Crippen molar-refractivity contribution in [2.24, 2.45) is 0 Å². The van der Waals surface area contributed by atoms with E-state index < -0.39 is 28.5 Å². The third-order valence-corrected chi connectivity index (χ3v) is 8.41. The molecule has 0 saturated heterocycles. The second-order valence-corrected chi connectivity index (χ2v) is 11.8. The standard InChI is InChI=1S/C30H35N3O6S/c1-21(2)31-30(35)23(4)32(19-24-11-9-8-10-22(24)3)29(34)20-33(40(36,37)26-12-6-5-7-13-26)25-14-15-27-28(18-25)39-17-16-38-27/h5-15,18,21,23H,16-17,19-20H2,1-4H3,(H,31,35). The van der Waals surface area contributed by atoms with Crippen LogP contribution in [0, 0.1) is 6.92 Å². The van der Waals surface area contributed by atoms with Gasteiger partial charge in [-0.2, -0.15) is 0 Å². The molecule has 9 nitrogen and oxygen atoms in total. The minimum Gasteiger partial charge on any atom is -0.486 e. The number of hydrogen-bond acceptors (Lipinski definition) is 6. The van der Waals surface area contributed by atoms with Crippen molar-refractivity contribution in [1.82, 2.24) is 10.2 Å². The van der Waals surface area contributed by atoms with E-state index in [1.807, 2.05) is 45.0 Å². The van der Waals surface area contributed by atoms with E-state index in [4.69, 9.17) is 9.47 Å². The van der Waals surface area contributed by atoms with Crippen molar-refractivity contribution in [1.29, 1.82) is 0 Å². The van der Waals surface area contributed by atoms with E-state index in [0.717, 1.165) is 15.4 Å². The highest BCUT2D eigenvalue weighted by Gasteiger charge is 2.33. The van der Waals surface area contributed by atoms with Gasteiger partial charge in [0, 0.05) is 18.7 Å². The lowest BCUT2D eigenvalue weighted by molar-refractivity contribution is -0.139. The summed E-state index contributed by atoms with van der Waals surface area (Å²) in [6.07, 6.45) is 0. The molecule has 0 bridgehead atoms. The van der Waals surface area contributed by atoms with Crippen molar-refractivity contribution in [2.45, 2.75) is 51.2 Å². The first-order valence-electron chi connectivity index (χ1n) is 13.2. The van der Waals surface area contributed by atoms with E-state index in [-0.39, 0.29) is 29.1 Å². The minimum absolute atomic E-state index is 0.0359. The molecule has 1 atom stereocenters. The van der Waals surface area contributed by atoms with Crippen molar-refractivity contribution < 1.29 is 27.5 Å². The van der Waals surface area contributed by atoms with E-state index >= 15 is 0 Å². The normalized spacial score (nSPS) is 13.4. The highest BCUT2D eigenvalue weighted by molar-refractivity contribution is 7.92. The van der Waals surface area contributed by atoms with Crippen LogP contribution >= 0.6 is 0 Å². The summed E-state index contributed by atoms with van der Waals surface area (Å²) in [5.74, 6) is 0.0437. The molecular weight excluding hydrogens is 530 g/mol. The van der Waals surface area contributed by atoms with E-state index in [2.05, 4.69) is 5.32 Å². The average molecular weight is 566 g/mol. The van der Waals surface area contributed by atoms with Crippen LogP contribution in [0.25, 0.3) is 0 Å². The zero-order valence-electron chi connectivity index (χ0n) is 23.2. The van der Waals surface area contributed by atoms with Gasteiger partial charge >= 0.3 is 0 Å². The summed E-state index contributed by atoms with van der Waals surface area (Å²) >= 11 is 0. The average Bonchev–Trinajstić information content (AvgIpc) is 2.94. The summed E-state index contributed by atoms with van der Waals surface area (Å²) in [5.41, 5.74) is 2.06. The number of aryl methyl sites for hydroxylation is 1. The first-order valence-corrected chi connectivity index (χ1v) is 14.6. The summed E-state index contributed by atoms with van der Waals surface area (Å²) in [5, 5.41) is 2.86. The highest BCUT2D eigenvalue weighted by Crippen LogP contribution is 2.36. The van der Waals surface area contributed by atoms with E-state index in [1.165, 1.54) is 17.0 Å². The molecule has 0 spiro atoms. The SMILES string of the molecule is Cc1ccccc1CN(C(=O)CN(c1ccc2c(c1)OCCO2)S(=O)(=O)c1ccccc1)C(C)C(=O)NC(C)C. The Morgan fingerprint density at radius 2 is 1.55 bits per heavy atom. The number of nitrogens with zero attached hydrogens (tertiary/aromatic N) is 2. The molecule has 0 aromatic heterocycles. The predicted molar refractivity (Wildman–Crippen MR) is 153 cm³/mol. The maximum atomic E-state index is 14.0. The van der Waals surface area contributed by atoms with Gasteiger partial charge in [-0.05, 0) is 63.1 Å². The summed E-state index contributed by atoms with van der Waals surface area (Å²) in [7, 11) is -4.17. The Balaban J connectivity index is 1.74. The number of carbonyl (C=O) groups is 2. The summed E-state index contributed by atoms with van der Waals surface area (Å²) in [6.45, 7) is 7.59. The molecule has 10 heteroatoms. The van der Waals surface area contributed by atoms with Crippen LogP contribution in [0.4, 0.5) is 5.69 Å². The van der Waals surface area contributed by atoms with Crippen LogP contribution in [0.3, 0.4) is 0 Å². The lowest BCUT2D eigenvalue weighted by atomic mass is 10.1. The molecule has 212 valence electrons. The molecule has 4 rings (SSSR count). The molecule has 3 aromatic carbocycles. The van der Waals surface area contributed by atoms with Crippen LogP contribution in [0.2, 0.25) is 0 Å². The van der Waals surface area contributed by atoms with Gasteiger partial charge in [-0.1, -0.05) is 42.5 Å². The van der Waals surface area contributed by atoms with Gasteiger partial charge < -0.3 is 19.7 Å². The first-order chi connectivity index (χ1) is 19.1. The predicted octanol–water partition coefficient (Wildman–Crippen LogP) is 3.90. The molecule has 0 radical (unpaired) electrons. The molecule has 40 heavy (non-hydrogen) atoms. The van der Waals surface area contributed by atoms with Gasteiger partial charge in [-0.25, -0.2) is 8.42 Å². The molecule has 1 heterocycles. The Morgan fingerprint density at radius 1 is 0.900 bits per heavy atom. The fourth-order valence-electron chi connectivity index (χ4n) is 4.39. The van der Waals surface area contributed by atoms with Gasteiger partial charge in [0.2, 0.25) is 11.8 Å². The van der Waals surface area contributed by atoms with Gasteiger partial charge in [0.05, 0.1) is 10.6 Å². The van der Waals surface area contributed by atoms with Gasteiger partial charge in [0.25, 0.3) is 10.0 Å². The second kappa shape index (κ2) is 12.4. The number of carbonyl (C=O) groups excluding carboxylic acids is 2. The second-order valence-electron chi connectivity index (χ2n) is 9.94. The number of nitrogens with one attached hydrogen (secondary N) is 1. The third-order valence-electron chi connectivity index (χ3n) is 6.62. The number of sulfonamides is 1. The topological polar surface area (TPSA) is 105 Å². The third kappa shape index (κ3) is 6.56. The Hall–Kier alpha value is -4.05. The number of amides is 2. The van der Waals surface area contributed by atoms with Crippen molar-refractivity contribution in [2.75, 3.05) is 24.1 Å². The van der Waals surface area contributed by atoms with Crippen molar-refractivity contribution in [3.05, 3.63) is 83.9 Å². The highest BCUT2D eigenvalue weighted by atomic mass is 32.2. The van der Waals surface area contributed by atoms with Crippen LogP contribution in [-0.2, 0) is 26.2 Å². The van der Waals surface area contributed by atoms with Crippen molar-refractivity contribution in [3.63, 3.8) is 0 Å². The number of ether oxygens (including phenoxy) is 2. The van der Waals surface area contributed by atoms with Gasteiger partial charge in [0.15, 0.2) is 11.5 Å². The quantitative estimate of drug-likeness (QED) is 0.400. The smallest absolute Gasteiger partial charge is 0.264 e. The van der Waals surface area contributed by atoms with Crippen molar-refractivity contribution in [3.8, 4) is 11.5 Å². The van der Waals surface area contributed by atoms with Gasteiger partial charge in [0.1, 0.15) is 25.8 Å². The number of fused-ring (bicyclic) bond motifs is 1. The lowest BCUT2D eigenvalue weighted by Crippen LogP contribution is -2.52. The molecule has 1 aliphatic rings. The molecule has 3 aromatic rings. The molecule has 1 aliphatic heterocycles. The lowest BCUT2D eigenvalue weighted by Gasteiger charge is -2.33. The largest absolute Gasteiger partial charge is 0.486 e. The van der Waals surface area contributed by atoms with E-state index in [1.54, 1.807) is 43.3 Å². The van der Waals surface area contributed by atoms with Crippen LogP contribution in [-0.4, -0.2) is 57.0 Å². The number of anilines is 1. The van der Waals surface area contributed by atoms with Crippen LogP contribution in [0.5, 0.6) is 11.5 Å². The molecule has 0 fully saturated rings. The molecule has 0 aliphatic carbocycles. The minimum atomic E-state index is -4.17. The van der Waals surface area contributed by atoms with E-state index in [9.17, 15) is 18.0 Å². The molecule has 0 saturated carbocycles. The van der Waals surface area contributed by atoms with Crippen LogP contribution < -0.4 is 19.1 Å². The monoisotopic (exact) mass is 565 g/mol. The van der Waals surface area contributed by atoms with Gasteiger partial charge in [-0.15, -0.1) is 0 Å². The van der Waals surface area contributed by atoms with Crippen LogP contribution in [0.1, 0.15) is 31.9 Å². The summed E-state index contributed by atoms with van der Waals surface area (Å²) < 4.78 is 40.2. The Kier molecular flexibility index (Phi) is 8.99. The Morgan fingerprint density at radius 3 is 2.23 bits per heavy atom. The number of benzene rings is 3. The zero-order chi connectivity index (χ0) is 28.9. The molecule has 2 amide bonds. The Labute approximate surface area is 235 Å².